The molecule has 1 saturated heterocycles. The van der Waals surface area contributed by atoms with Gasteiger partial charge in [-0.1, -0.05) is 13.0 Å². The number of anilines is 1. The van der Waals surface area contributed by atoms with Gasteiger partial charge >= 0.3 is 0 Å². The lowest BCUT2D eigenvalue weighted by molar-refractivity contribution is -0.385. The van der Waals surface area contributed by atoms with E-state index < -0.39 is 0 Å². The van der Waals surface area contributed by atoms with Crippen molar-refractivity contribution in [2.24, 2.45) is 0 Å². The van der Waals surface area contributed by atoms with Gasteiger partial charge in [0.1, 0.15) is 0 Å². The minimum atomic E-state index is -0.314. The molecule has 0 amide bonds. The van der Waals surface area contributed by atoms with E-state index in [4.69, 9.17) is 4.74 Å². The Labute approximate surface area is 125 Å². The average Bonchev–Trinajstić information content (AvgIpc) is 2.48. The van der Waals surface area contributed by atoms with Gasteiger partial charge in [0.2, 0.25) is 0 Å². The molecule has 6 heteroatoms. The van der Waals surface area contributed by atoms with Crippen LogP contribution in [0.5, 0.6) is 0 Å². The van der Waals surface area contributed by atoms with Crippen LogP contribution in [0.1, 0.15) is 25.8 Å². The van der Waals surface area contributed by atoms with Gasteiger partial charge < -0.3 is 15.4 Å². The van der Waals surface area contributed by atoms with Crippen molar-refractivity contribution in [1.29, 1.82) is 0 Å². The molecule has 2 N–H and O–H groups in total. The van der Waals surface area contributed by atoms with Crippen LogP contribution in [0.25, 0.3) is 0 Å². The first-order valence-electron chi connectivity index (χ1n) is 7.45. The van der Waals surface area contributed by atoms with E-state index in [9.17, 15) is 10.1 Å². The van der Waals surface area contributed by atoms with E-state index >= 15 is 0 Å². The Morgan fingerprint density at radius 3 is 3.00 bits per heavy atom. The number of nitrogens with one attached hydrogen (secondary N) is 2. The van der Waals surface area contributed by atoms with Crippen LogP contribution in [-0.4, -0.2) is 36.8 Å². The van der Waals surface area contributed by atoms with Gasteiger partial charge in [0.25, 0.3) is 5.69 Å². The largest absolute Gasteiger partial charge is 0.382 e. The predicted molar refractivity (Wildman–Crippen MR) is 82.8 cm³/mol. The number of benzene rings is 1. The third kappa shape index (κ3) is 4.41. The lowest BCUT2D eigenvalue weighted by atomic mass is 10.1. The van der Waals surface area contributed by atoms with E-state index in [0.717, 1.165) is 37.4 Å². The van der Waals surface area contributed by atoms with Gasteiger partial charge in [-0.15, -0.1) is 0 Å². The topological polar surface area (TPSA) is 76.4 Å². The van der Waals surface area contributed by atoms with Gasteiger partial charge in [-0.05, 0) is 25.8 Å². The van der Waals surface area contributed by atoms with Crippen LogP contribution in [0.4, 0.5) is 11.4 Å². The predicted octanol–water partition coefficient (Wildman–Crippen LogP) is 2.34. The van der Waals surface area contributed by atoms with E-state index in [1.165, 1.54) is 0 Å². The number of morpholine rings is 1. The molecule has 1 aliphatic rings. The molecule has 1 aromatic carbocycles. The van der Waals surface area contributed by atoms with Gasteiger partial charge in [0.05, 0.1) is 18.1 Å². The van der Waals surface area contributed by atoms with Crippen molar-refractivity contribution in [3.8, 4) is 0 Å². The number of rotatable bonds is 6. The Morgan fingerprint density at radius 1 is 1.57 bits per heavy atom. The molecule has 6 nitrogen and oxygen atoms in total. The second-order valence-corrected chi connectivity index (χ2v) is 5.46. The smallest absolute Gasteiger partial charge is 0.274 e. The molecule has 1 aromatic rings. The highest BCUT2D eigenvalue weighted by Gasteiger charge is 2.18. The quantitative estimate of drug-likeness (QED) is 0.622. The van der Waals surface area contributed by atoms with Crippen LogP contribution < -0.4 is 10.6 Å². The molecular formula is C15H23N3O3. The van der Waals surface area contributed by atoms with Crippen LogP contribution in [0.15, 0.2) is 18.2 Å². The summed E-state index contributed by atoms with van der Waals surface area (Å²) in [5.74, 6) is 0. The Hall–Kier alpha value is -1.66. The summed E-state index contributed by atoms with van der Waals surface area (Å²) in [5, 5.41) is 17.8. The zero-order chi connectivity index (χ0) is 15.2. The molecular weight excluding hydrogens is 270 g/mol. The SMILES string of the molecule is CCc1ccc(NC(C)CC2COCCN2)cc1[N+](=O)[O-]. The molecule has 1 fully saturated rings. The summed E-state index contributed by atoms with van der Waals surface area (Å²) < 4.78 is 5.43. The van der Waals surface area contributed by atoms with E-state index in [-0.39, 0.29) is 16.7 Å². The molecule has 0 radical (unpaired) electrons. The van der Waals surface area contributed by atoms with Crippen LogP contribution in [0, 0.1) is 10.1 Å². The van der Waals surface area contributed by atoms with Crippen molar-refractivity contribution in [2.45, 2.75) is 38.8 Å². The molecule has 1 heterocycles. The standard InChI is InChI=1S/C15H23N3O3/c1-3-12-4-5-13(9-15(12)18(19)20)17-11(2)8-14-10-21-7-6-16-14/h4-5,9,11,14,16-17H,3,6-8,10H2,1-2H3. The highest BCUT2D eigenvalue weighted by Crippen LogP contribution is 2.24. The van der Waals surface area contributed by atoms with Gasteiger partial charge in [-0.25, -0.2) is 0 Å². The molecule has 0 saturated carbocycles. The zero-order valence-corrected chi connectivity index (χ0v) is 12.6. The minimum absolute atomic E-state index is 0.189. The van der Waals surface area contributed by atoms with Crippen LogP contribution in [-0.2, 0) is 11.2 Å². The number of hydrogen-bond donors (Lipinski definition) is 2. The van der Waals surface area contributed by atoms with Gasteiger partial charge in [-0.2, -0.15) is 0 Å². The fourth-order valence-corrected chi connectivity index (χ4v) is 2.66. The summed E-state index contributed by atoms with van der Waals surface area (Å²) in [6.07, 6.45) is 1.58. The van der Waals surface area contributed by atoms with Crippen molar-refractivity contribution in [1.82, 2.24) is 5.32 Å². The van der Waals surface area contributed by atoms with E-state index in [2.05, 4.69) is 17.6 Å². The molecule has 0 aliphatic carbocycles. The van der Waals surface area contributed by atoms with Gasteiger partial charge in [0.15, 0.2) is 0 Å². The number of nitro benzene ring substituents is 1. The number of ether oxygens (including phenoxy) is 1. The van der Waals surface area contributed by atoms with Crippen molar-refractivity contribution >= 4 is 11.4 Å². The molecule has 2 atom stereocenters. The second-order valence-electron chi connectivity index (χ2n) is 5.46. The molecule has 0 spiro atoms. The summed E-state index contributed by atoms with van der Waals surface area (Å²) >= 11 is 0. The molecule has 2 unspecified atom stereocenters. The molecule has 116 valence electrons. The first-order chi connectivity index (χ1) is 10.1. The van der Waals surface area contributed by atoms with Crippen molar-refractivity contribution < 1.29 is 9.66 Å². The minimum Gasteiger partial charge on any atom is -0.382 e. The maximum Gasteiger partial charge on any atom is 0.274 e. The highest BCUT2D eigenvalue weighted by molar-refractivity contribution is 5.55. The maximum atomic E-state index is 11.1. The van der Waals surface area contributed by atoms with E-state index in [1.807, 2.05) is 19.1 Å². The zero-order valence-electron chi connectivity index (χ0n) is 12.6. The Balaban J connectivity index is 1.98. The highest BCUT2D eigenvalue weighted by atomic mass is 16.6. The summed E-state index contributed by atoms with van der Waals surface area (Å²) in [7, 11) is 0. The number of aryl methyl sites for hydroxylation is 1. The van der Waals surface area contributed by atoms with Crippen molar-refractivity contribution in [3.05, 3.63) is 33.9 Å². The summed E-state index contributed by atoms with van der Waals surface area (Å²) in [5.41, 5.74) is 1.75. The normalized spacial score (nSPS) is 20.0. The van der Waals surface area contributed by atoms with Crippen molar-refractivity contribution in [2.75, 3.05) is 25.1 Å². The Kier molecular flexibility index (Phi) is 5.52. The Bertz CT molecular complexity index is 487. The molecule has 21 heavy (non-hydrogen) atoms. The first-order valence-corrected chi connectivity index (χ1v) is 7.45. The van der Waals surface area contributed by atoms with Crippen LogP contribution >= 0.6 is 0 Å². The summed E-state index contributed by atoms with van der Waals surface area (Å²) in [6.45, 7) is 6.38. The summed E-state index contributed by atoms with van der Waals surface area (Å²) in [4.78, 5) is 10.8. The third-order valence-electron chi connectivity index (χ3n) is 3.71. The fourth-order valence-electron chi connectivity index (χ4n) is 2.66. The summed E-state index contributed by atoms with van der Waals surface area (Å²) in [6, 6.07) is 5.92. The first kappa shape index (κ1) is 15.7. The molecule has 2 rings (SSSR count). The van der Waals surface area contributed by atoms with E-state index in [1.54, 1.807) is 6.07 Å². The number of hydrogen-bond acceptors (Lipinski definition) is 5. The van der Waals surface area contributed by atoms with Crippen LogP contribution in [0.2, 0.25) is 0 Å². The molecule has 0 aromatic heterocycles. The molecule has 1 aliphatic heterocycles. The van der Waals surface area contributed by atoms with E-state index in [0.29, 0.717) is 12.5 Å². The lowest BCUT2D eigenvalue weighted by Crippen LogP contribution is -2.43. The van der Waals surface area contributed by atoms with Crippen LogP contribution in [0.3, 0.4) is 0 Å². The molecule has 0 bridgehead atoms. The van der Waals surface area contributed by atoms with Gasteiger partial charge in [-0.3, -0.25) is 10.1 Å². The third-order valence-corrected chi connectivity index (χ3v) is 3.71. The Morgan fingerprint density at radius 2 is 2.38 bits per heavy atom. The fraction of sp³-hybridized carbons (Fsp3) is 0.600. The van der Waals surface area contributed by atoms with Gasteiger partial charge in [0, 0.05) is 35.9 Å². The van der Waals surface area contributed by atoms with Crippen molar-refractivity contribution in [3.63, 3.8) is 0 Å². The monoisotopic (exact) mass is 293 g/mol. The maximum absolute atomic E-state index is 11.1. The average molecular weight is 293 g/mol. The second kappa shape index (κ2) is 7.38. The number of nitrogens with zero attached hydrogens (tertiary/aromatic N) is 1. The lowest BCUT2D eigenvalue weighted by Gasteiger charge is -2.27. The number of nitro groups is 1.